The maximum atomic E-state index is 5.72. The standard InChI is InChI=1S/C11H17N3O3/c12-5-8-1-2-9(16-8)11-13-10(14-17-11)7-3-4-15-6-7/h7-9H,1-6,12H2. The summed E-state index contributed by atoms with van der Waals surface area (Å²) in [5.41, 5.74) is 5.57. The molecule has 2 aliphatic rings. The van der Waals surface area contributed by atoms with Crippen LogP contribution >= 0.6 is 0 Å². The van der Waals surface area contributed by atoms with Gasteiger partial charge in [0.15, 0.2) is 5.82 Å². The van der Waals surface area contributed by atoms with Gasteiger partial charge in [0.2, 0.25) is 0 Å². The van der Waals surface area contributed by atoms with Crippen molar-refractivity contribution in [2.45, 2.75) is 37.4 Å². The highest BCUT2D eigenvalue weighted by Crippen LogP contribution is 2.32. The van der Waals surface area contributed by atoms with E-state index in [1.165, 1.54) is 0 Å². The molecule has 0 spiro atoms. The fourth-order valence-corrected chi connectivity index (χ4v) is 2.34. The van der Waals surface area contributed by atoms with Crippen LogP contribution in [0.2, 0.25) is 0 Å². The van der Waals surface area contributed by atoms with Crippen molar-refractivity contribution < 1.29 is 14.0 Å². The summed E-state index contributed by atoms with van der Waals surface area (Å²) < 4.78 is 16.3. The van der Waals surface area contributed by atoms with Gasteiger partial charge < -0.3 is 19.7 Å². The van der Waals surface area contributed by atoms with Crippen LogP contribution in [0.5, 0.6) is 0 Å². The Balaban J connectivity index is 1.68. The molecule has 0 aromatic carbocycles. The minimum atomic E-state index is -0.0767. The van der Waals surface area contributed by atoms with Crippen LogP contribution in [0.1, 0.15) is 43.0 Å². The third kappa shape index (κ3) is 2.20. The Morgan fingerprint density at radius 3 is 2.94 bits per heavy atom. The molecule has 0 radical (unpaired) electrons. The first kappa shape index (κ1) is 11.1. The van der Waals surface area contributed by atoms with E-state index in [0.717, 1.165) is 31.7 Å². The van der Waals surface area contributed by atoms with Gasteiger partial charge in [-0.1, -0.05) is 5.16 Å². The third-order valence-corrected chi connectivity index (χ3v) is 3.40. The van der Waals surface area contributed by atoms with Crippen LogP contribution in [0.4, 0.5) is 0 Å². The quantitative estimate of drug-likeness (QED) is 0.838. The Kier molecular flexibility index (Phi) is 3.09. The van der Waals surface area contributed by atoms with Crippen LogP contribution in [0.25, 0.3) is 0 Å². The van der Waals surface area contributed by atoms with Crippen molar-refractivity contribution in [2.75, 3.05) is 19.8 Å². The Morgan fingerprint density at radius 1 is 1.29 bits per heavy atom. The topological polar surface area (TPSA) is 83.4 Å². The molecule has 2 fully saturated rings. The fourth-order valence-electron chi connectivity index (χ4n) is 2.34. The molecule has 0 aliphatic carbocycles. The van der Waals surface area contributed by atoms with E-state index < -0.39 is 0 Å². The number of rotatable bonds is 3. The van der Waals surface area contributed by atoms with E-state index in [-0.39, 0.29) is 18.1 Å². The third-order valence-electron chi connectivity index (χ3n) is 3.40. The molecule has 0 saturated carbocycles. The molecular formula is C11H17N3O3. The first-order valence-electron chi connectivity index (χ1n) is 6.13. The maximum absolute atomic E-state index is 5.72. The molecule has 0 bridgehead atoms. The SMILES string of the molecule is NCC1CCC(c2nc(C3CCOC3)no2)O1. The second-order valence-corrected chi connectivity index (χ2v) is 4.61. The summed E-state index contributed by atoms with van der Waals surface area (Å²) in [7, 11) is 0. The molecule has 6 heteroatoms. The van der Waals surface area contributed by atoms with Crippen molar-refractivity contribution >= 4 is 0 Å². The number of ether oxygens (including phenoxy) is 2. The summed E-state index contributed by atoms with van der Waals surface area (Å²) in [6, 6.07) is 0. The van der Waals surface area contributed by atoms with Crippen molar-refractivity contribution in [1.82, 2.24) is 10.1 Å². The molecule has 2 saturated heterocycles. The van der Waals surface area contributed by atoms with Crippen molar-refractivity contribution in [1.29, 1.82) is 0 Å². The molecule has 3 rings (SSSR count). The molecule has 6 nitrogen and oxygen atoms in total. The number of hydrogen-bond donors (Lipinski definition) is 1. The van der Waals surface area contributed by atoms with Crippen LogP contribution in [0.3, 0.4) is 0 Å². The molecule has 3 atom stereocenters. The Labute approximate surface area is 99.5 Å². The summed E-state index contributed by atoms with van der Waals surface area (Å²) in [5.74, 6) is 1.61. The normalized spacial score (nSPS) is 33.4. The van der Waals surface area contributed by atoms with Crippen LogP contribution in [0.15, 0.2) is 4.52 Å². The van der Waals surface area contributed by atoms with Gasteiger partial charge in [-0.25, -0.2) is 0 Å². The predicted molar refractivity (Wildman–Crippen MR) is 58.4 cm³/mol. The molecule has 3 heterocycles. The summed E-state index contributed by atoms with van der Waals surface area (Å²) in [6.45, 7) is 2.02. The van der Waals surface area contributed by atoms with Gasteiger partial charge in [-0.15, -0.1) is 0 Å². The van der Waals surface area contributed by atoms with E-state index in [1.807, 2.05) is 0 Å². The average molecular weight is 239 g/mol. The molecule has 1 aromatic rings. The highest BCUT2D eigenvalue weighted by molar-refractivity contribution is 5.00. The molecule has 0 amide bonds. The number of nitrogens with two attached hydrogens (primary N) is 1. The Morgan fingerprint density at radius 2 is 2.24 bits per heavy atom. The average Bonchev–Trinajstić information content (AvgIpc) is 3.09. The smallest absolute Gasteiger partial charge is 0.255 e. The Bertz CT molecular complexity index is 376. The van der Waals surface area contributed by atoms with Crippen LogP contribution < -0.4 is 5.73 Å². The van der Waals surface area contributed by atoms with E-state index in [2.05, 4.69) is 10.1 Å². The van der Waals surface area contributed by atoms with Gasteiger partial charge in [-0.2, -0.15) is 4.98 Å². The van der Waals surface area contributed by atoms with Crippen LogP contribution in [0, 0.1) is 0 Å². The number of nitrogens with zero attached hydrogens (tertiary/aromatic N) is 2. The summed E-state index contributed by atoms with van der Waals surface area (Å²) >= 11 is 0. The van der Waals surface area contributed by atoms with Gasteiger partial charge >= 0.3 is 0 Å². The first-order valence-corrected chi connectivity index (χ1v) is 6.13. The van der Waals surface area contributed by atoms with Crippen LogP contribution in [-0.4, -0.2) is 36.0 Å². The largest absolute Gasteiger partial charge is 0.381 e. The van der Waals surface area contributed by atoms with E-state index >= 15 is 0 Å². The van der Waals surface area contributed by atoms with E-state index in [1.54, 1.807) is 0 Å². The lowest BCUT2D eigenvalue weighted by atomic mass is 10.1. The predicted octanol–water partition coefficient (Wildman–Crippen LogP) is 0.752. The van der Waals surface area contributed by atoms with Crippen molar-refractivity contribution in [3.05, 3.63) is 11.7 Å². The van der Waals surface area contributed by atoms with Crippen molar-refractivity contribution in [3.63, 3.8) is 0 Å². The van der Waals surface area contributed by atoms with Gasteiger partial charge in [0.1, 0.15) is 6.10 Å². The Hall–Kier alpha value is -0.980. The zero-order valence-electron chi connectivity index (χ0n) is 9.67. The highest BCUT2D eigenvalue weighted by Gasteiger charge is 2.31. The van der Waals surface area contributed by atoms with Gasteiger partial charge in [0.05, 0.1) is 12.7 Å². The molecule has 17 heavy (non-hydrogen) atoms. The second-order valence-electron chi connectivity index (χ2n) is 4.61. The van der Waals surface area contributed by atoms with E-state index in [9.17, 15) is 0 Å². The molecule has 1 aromatic heterocycles. The van der Waals surface area contributed by atoms with E-state index in [4.69, 9.17) is 19.7 Å². The van der Waals surface area contributed by atoms with Crippen molar-refractivity contribution in [3.8, 4) is 0 Å². The van der Waals surface area contributed by atoms with Crippen molar-refractivity contribution in [2.24, 2.45) is 5.73 Å². The molecular weight excluding hydrogens is 222 g/mol. The molecule has 94 valence electrons. The lowest BCUT2D eigenvalue weighted by Crippen LogP contribution is -2.18. The number of aromatic nitrogens is 2. The lowest BCUT2D eigenvalue weighted by molar-refractivity contribution is 0.0307. The fraction of sp³-hybridized carbons (Fsp3) is 0.818. The summed E-state index contributed by atoms with van der Waals surface area (Å²) in [4.78, 5) is 4.42. The lowest BCUT2D eigenvalue weighted by Gasteiger charge is -2.07. The summed E-state index contributed by atoms with van der Waals surface area (Å²) in [6.07, 6.45) is 2.89. The van der Waals surface area contributed by atoms with Gasteiger partial charge in [0, 0.05) is 19.1 Å². The summed E-state index contributed by atoms with van der Waals surface area (Å²) in [5, 5.41) is 4.02. The minimum Gasteiger partial charge on any atom is -0.381 e. The molecule has 2 N–H and O–H groups in total. The van der Waals surface area contributed by atoms with Crippen LogP contribution in [-0.2, 0) is 9.47 Å². The van der Waals surface area contributed by atoms with E-state index in [0.29, 0.717) is 19.0 Å². The second kappa shape index (κ2) is 4.72. The molecule has 2 aliphatic heterocycles. The first-order chi connectivity index (χ1) is 8.36. The van der Waals surface area contributed by atoms with Gasteiger partial charge in [-0.05, 0) is 19.3 Å². The number of hydrogen-bond acceptors (Lipinski definition) is 6. The zero-order chi connectivity index (χ0) is 11.7. The van der Waals surface area contributed by atoms with Gasteiger partial charge in [0.25, 0.3) is 5.89 Å². The maximum Gasteiger partial charge on any atom is 0.255 e. The van der Waals surface area contributed by atoms with Gasteiger partial charge in [-0.3, -0.25) is 0 Å². The monoisotopic (exact) mass is 239 g/mol. The molecule has 3 unspecified atom stereocenters. The minimum absolute atomic E-state index is 0.0767. The zero-order valence-corrected chi connectivity index (χ0v) is 9.67. The highest BCUT2D eigenvalue weighted by atomic mass is 16.5.